The molecule has 0 aliphatic carbocycles. The second-order valence-electron chi connectivity index (χ2n) is 2.38. The van der Waals surface area contributed by atoms with Crippen molar-refractivity contribution in [3.63, 3.8) is 0 Å². The highest BCUT2D eigenvalue weighted by Gasteiger charge is 1.87. The van der Waals surface area contributed by atoms with E-state index >= 15 is 0 Å². The van der Waals surface area contributed by atoms with Gasteiger partial charge >= 0.3 is 0 Å². The van der Waals surface area contributed by atoms with Crippen LogP contribution in [0.4, 0.5) is 0 Å². The van der Waals surface area contributed by atoms with E-state index in [4.69, 9.17) is 0 Å². The van der Waals surface area contributed by atoms with Crippen LogP contribution in [0.25, 0.3) is 0 Å². The topological polar surface area (TPSA) is 41.0 Å². The third-order valence-corrected chi connectivity index (χ3v) is 1.03. The Morgan fingerprint density at radius 3 is 3.00 bits per heavy atom. The van der Waals surface area contributed by atoms with E-state index in [1.807, 2.05) is 13.8 Å². The molecule has 10 heavy (non-hydrogen) atoms. The summed E-state index contributed by atoms with van der Waals surface area (Å²) in [6.07, 6.45) is 5.17. The van der Waals surface area contributed by atoms with E-state index < -0.39 is 0 Å². The van der Waals surface area contributed by atoms with Crippen LogP contribution in [0.2, 0.25) is 0 Å². The molecule has 0 aromatic carbocycles. The average molecular weight is 137 g/mol. The van der Waals surface area contributed by atoms with Gasteiger partial charge in [0.2, 0.25) is 0 Å². The van der Waals surface area contributed by atoms with Gasteiger partial charge in [-0.3, -0.25) is 4.99 Å². The van der Waals surface area contributed by atoms with E-state index in [9.17, 15) is 0 Å². The summed E-state index contributed by atoms with van der Waals surface area (Å²) in [6, 6.07) is 0.350. The molecular weight excluding hydrogens is 126 g/mol. The fraction of sp³-hybridized carbons (Fsp3) is 0.429. The summed E-state index contributed by atoms with van der Waals surface area (Å²) in [5.41, 5.74) is 0.953. The maximum atomic E-state index is 4.17. The van der Waals surface area contributed by atoms with Crippen molar-refractivity contribution >= 4 is 6.21 Å². The van der Waals surface area contributed by atoms with Gasteiger partial charge in [-0.2, -0.15) is 0 Å². The number of aromatic amines is 1. The number of nitrogens with one attached hydrogen (secondary N) is 1. The van der Waals surface area contributed by atoms with Gasteiger partial charge in [-0.25, -0.2) is 4.98 Å². The van der Waals surface area contributed by atoms with E-state index in [1.165, 1.54) is 0 Å². The average Bonchev–Trinajstić information content (AvgIpc) is 2.34. The normalized spacial score (nSPS) is 11.5. The molecule has 1 aromatic heterocycles. The van der Waals surface area contributed by atoms with Gasteiger partial charge < -0.3 is 4.98 Å². The minimum atomic E-state index is 0.350. The summed E-state index contributed by atoms with van der Waals surface area (Å²) in [6.45, 7) is 4.07. The summed E-state index contributed by atoms with van der Waals surface area (Å²) < 4.78 is 0. The van der Waals surface area contributed by atoms with Crippen LogP contribution in [0.3, 0.4) is 0 Å². The van der Waals surface area contributed by atoms with Crippen LogP contribution in [0.5, 0.6) is 0 Å². The van der Waals surface area contributed by atoms with Crippen molar-refractivity contribution in [1.29, 1.82) is 0 Å². The first-order valence-electron chi connectivity index (χ1n) is 3.30. The smallest absolute Gasteiger partial charge is 0.0924 e. The lowest BCUT2D eigenvalue weighted by atomic mass is 10.4. The Kier molecular flexibility index (Phi) is 2.20. The molecule has 0 unspecified atom stereocenters. The molecule has 0 radical (unpaired) electrons. The fourth-order valence-corrected chi connectivity index (χ4v) is 0.567. The molecular formula is C7H11N3. The monoisotopic (exact) mass is 137 g/mol. The number of nitrogens with zero attached hydrogens (tertiary/aromatic N) is 2. The van der Waals surface area contributed by atoms with Gasteiger partial charge in [0, 0.05) is 12.3 Å². The third kappa shape index (κ3) is 2.01. The fourth-order valence-electron chi connectivity index (χ4n) is 0.567. The number of aliphatic imine (C=N–C) groups is 1. The highest BCUT2D eigenvalue weighted by atomic mass is 14.9. The molecule has 1 rings (SSSR count). The van der Waals surface area contributed by atoms with Gasteiger partial charge in [0.1, 0.15) is 0 Å². The second kappa shape index (κ2) is 3.15. The largest absolute Gasteiger partial charge is 0.344 e. The number of hydrogen-bond donors (Lipinski definition) is 1. The van der Waals surface area contributed by atoms with Crippen molar-refractivity contribution in [2.45, 2.75) is 19.9 Å². The van der Waals surface area contributed by atoms with Crippen molar-refractivity contribution in [3.8, 4) is 0 Å². The Hall–Kier alpha value is -1.12. The molecule has 1 aromatic rings. The number of hydrogen-bond acceptors (Lipinski definition) is 2. The predicted molar refractivity (Wildman–Crippen MR) is 41.3 cm³/mol. The molecule has 0 aliphatic heterocycles. The van der Waals surface area contributed by atoms with Crippen LogP contribution in [0, 0.1) is 0 Å². The maximum Gasteiger partial charge on any atom is 0.0924 e. The van der Waals surface area contributed by atoms with Crippen molar-refractivity contribution in [3.05, 3.63) is 18.2 Å². The van der Waals surface area contributed by atoms with Crippen LogP contribution in [0.1, 0.15) is 19.5 Å². The summed E-state index contributed by atoms with van der Waals surface area (Å²) >= 11 is 0. The first-order chi connectivity index (χ1) is 4.79. The summed E-state index contributed by atoms with van der Waals surface area (Å²) in [7, 11) is 0. The minimum Gasteiger partial charge on any atom is -0.344 e. The van der Waals surface area contributed by atoms with Crippen molar-refractivity contribution < 1.29 is 0 Å². The van der Waals surface area contributed by atoms with Crippen molar-refractivity contribution in [1.82, 2.24) is 9.97 Å². The van der Waals surface area contributed by atoms with E-state index in [2.05, 4.69) is 15.0 Å². The van der Waals surface area contributed by atoms with Gasteiger partial charge in [-0.15, -0.1) is 0 Å². The maximum absolute atomic E-state index is 4.17. The van der Waals surface area contributed by atoms with Gasteiger partial charge in [0.25, 0.3) is 0 Å². The van der Waals surface area contributed by atoms with E-state index in [0.717, 1.165) is 5.69 Å². The standard InChI is InChI=1S/C7H11N3/c1-6(2)9-4-7-3-8-5-10-7/h3-6H,1-2H3,(H,8,10). The summed E-state index contributed by atoms with van der Waals surface area (Å²) in [5.74, 6) is 0. The first kappa shape index (κ1) is 6.99. The minimum absolute atomic E-state index is 0.350. The molecule has 3 heteroatoms. The Morgan fingerprint density at radius 2 is 2.50 bits per heavy atom. The van der Waals surface area contributed by atoms with E-state index in [-0.39, 0.29) is 0 Å². The van der Waals surface area contributed by atoms with Crippen LogP contribution in [0.15, 0.2) is 17.5 Å². The van der Waals surface area contributed by atoms with Crippen molar-refractivity contribution in [2.75, 3.05) is 0 Å². The lowest BCUT2D eigenvalue weighted by molar-refractivity contribution is 0.840. The molecule has 0 spiro atoms. The predicted octanol–water partition coefficient (Wildman–Crippen LogP) is 1.24. The van der Waals surface area contributed by atoms with Crippen LogP contribution >= 0.6 is 0 Å². The lowest BCUT2D eigenvalue weighted by Crippen LogP contribution is -1.89. The second-order valence-corrected chi connectivity index (χ2v) is 2.38. The molecule has 0 amide bonds. The third-order valence-electron chi connectivity index (χ3n) is 1.03. The van der Waals surface area contributed by atoms with Crippen molar-refractivity contribution in [2.24, 2.45) is 4.99 Å². The van der Waals surface area contributed by atoms with Gasteiger partial charge in [-0.1, -0.05) is 0 Å². The highest BCUT2D eigenvalue weighted by Crippen LogP contribution is 1.88. The van der Waals surface area contributed by atoms with E-state index in [0.29, 0.717) is 6.04 Å². The Morgan fingerprint density at radius 1 is 1.70 bits per heavy atom. The lowest BCUT2D eigenvalue weighted by Gasteiger charge is -1.91. The SMILES string of the molecule is CC(C)N=Cc1cnc[nH]1. The molecule has 0 fully saturated rings. The summed E-state index contributed by atoms with van der Waals surface area (Å²) in [4.78, 5) is 11.0. The van der Waals surface area contributed by atoms with Crippen LogP contribution < -0.4 is 0 Å². The first-order valence-corrected chi connectivity index (χ1v) is 3.30. The number of aromatic nitrogens is 2. The number of H-pyrrole nitrogens is 1. The Bertz CT molecular complexity index is 199. The van der Waals surface area contributed by atoms with E-state index in [1.54, 1.807) is 18.7 Å². The zero-order valence-electron chi connectivity index (χ0n) is 6.20. The molecule has 1 N–H and O–H groups in total. The van der Waals surface area contributed by atoms with Gasteiger partial charge in [0.15, 0.2) is 0 Å². The quantitative estimate of drug-likeness (QED) is 0.612. The highest BCUT2D eigenvalue weighted by molar-refractivity contribution is 5.76. The summed E-state index contributed by atoms with van der Waals surface area (Å²) in [5, 5.41) is 0. The molecule has 3 nitrogen and oxygen atoms in total. The molecule has 0 saturated carbocycles. The zero-order chi connectivity index (χ0) is 7.40. The molecule has 0 bridgehead atoms. The number of rotatable bonds is 2. The zero-order valence-corrected chi connectivity index (χ0v) is 6.20. The Labute approximate surface area is 60.2 Å². The molecule has 0 saturated heterocycles. The van der Waals surface area contributed by atoms with Gasteiger partial charge in [0.05, 0.1) is 18.2 Å². The molecule has 0 aliphatic rings. The van der Waals surface area contributed by atoms with Gasteiger partial charge in [-0.05, 0) is 13.8 Å². The molecule has 0 atom stereocenters. The number of imidazole rings is 1. The van der Waals surface area contributed by atoms with Crippen LogP contribution in [-0.2, 0) is 0 Å². The Balaban J connectivity index is 2.55. The molecule has 1 heterocycles. The van der Waals surface area contributed by atoms with Crippen LogP contribution in [-0.4, -0.2) is 22.2 Å². The molecule has 54 valence electrons.